The second-order valence-corrected chi connectivity index (χ2v) is 8.56. The largest absolute Gasteiger partial charge is 0.507 e. The molecule has 5 rings (SSSR count). The van der Waals surface area contributed by atoms with Gasteiger partial charge >= 0.3 is 0 Å². The fourth-order valence-corrected chi connectivity index (χ4v) is 4.48. The van der Waals surface area contributed by atoms with Crippen molar-refractivity contribution in [1.29, 1.82) is 0 Å². The van der Waals surface area contributed by atoms with Crippen LogP contribution < -0.4 is 14.4 Å². The topological polar surface area (TPSA) is 76.1 Å². The Labute approximate surface area is 202 Å². The zero-order valence-electron chi connectivity index (χ0n) is 19.4. The first kappa shape index (κ1) is 22.7. The minimum atomic E-state index is -0.881. The molecule has 1 unspecified atom stereocenters. The Morgan fingerprint density at radius 1 is 1.00 bits per heavy atom. The monoisotopic (exact) mass is 473 g/mol. The summed E-state index contributed by atoms with van der Waals surface area (Å²) in [5.41, 5.74) is 2.73. The lowest BCUT2D eigenvalue weighted by Crippen LogP contribution is -2.29. The van der Waals surface area contributed by atoms with Crippen molar-refractivity contribution in [3.05, 3.63) is 94.3 Å². The van der Waals surface area contributed by atoms with Gasteiger partial charge in [0.15, 0.2) is 11.5 Å². The number of Topliss-reactive ketones (excluding diaryl/α,β-unsaturated/α-hetero) is 1. The number of ketones is 1. The van der Waals surface area contributed by atoms with Crippen molar-refractivity contribution >= 4 is 23.1 Å². The summed E-state index contributed by atoms with van der Waals surface area (Å²) in [5.74, 6) is -1.33. The van der Waals surface area contributed by atoms with Gasteiger partial charge in [-0.25, -0.2) is 4.39 Å². The van der Waals surface area contributed by atoms with Crippen LogP contribution in [0.2, 0.25) is 0 Å². The summed E-state index contributed by atoms with van der Waals surface area (Å²) in [6.45, 7) is 4.41. The molecule has 1 atom stereocenters. The lowest BCUT2D eigenvalue weighted by Gasteiger charge is -2.27. The highest BCUT2D eigenvalue weighted by Crippen LogP contribution is 2.44. The number of benzene rings is 3. The molecule has 1 fully saturated rings. The molecule has 7 heteroatoms. The van der Waals surface area contributed by atoms with Crippen molar-refractivity contribution in [1.82, 2.24) is 0 Å². The van der Waals surface area contributed by atoms with Crippen molar-refractivity contribution in [3.63, 3.8) is 0 Å². The van der Waals surface area contributed by atoms with Gasteiger partial charge in [0, 0.05) is 17.3 Å². The van der Waals surface area contributed by atoms with Crippen LogP contribution in [0.1, 0.15) is 35.2 Å². The molecule has 6 nitrogen and oxygen atoms in total. The fourth-order valence-electron chi connectivity index (χ4n) is 4.48. The third-order valence-corrected chi connectivity index (χ3v) is 6.38. The molecule has 3 aromatic carbocycles. The van der Waals surface area contributed by atoms with E-state index in [0.717, 1.165) is 12.0 Å². The fraction of sp³-hybridized carbons (Fsp3) is 0.214. The zero-order valence-corrected chi connectivity index (χ0v) is 19.4. The van der Waals surface area contributed by atoms with Crippen LogP contribution >= 0.6 is 0 Å². The Morgan fingerprint density at radius 3 is 2.40 bits per heavy atom. The molecular weight excluding hydrogens is 449 g/mol. The second-order valence-electron chi connectivity index (χ2n) is 8.56. The van der Waals surface area contributed by atoms with Gasteiger partial charge in [-0.2, -0.15) is 0 Å². The van der Waals surface area contributed by atoms with E-state index < -0.39 is 23.5 Å². The van der Waals surface area contributed by atoms with Gasteiger partial charge in [-0.1, -0.05) is 31.2 Å². The SMILES string of the molecule is CCc1ccc(C2/C(=C(\O)c3ccc(F)c(C)c3)C(=O)C(=O)N2c2ccc3c(c2)OCCO3)cc1. The summed E-state index contributed by atoms with van der Waals surface area (Å²) in [5, 5.41) is 11.2. The van der Waals surface area contributed by atoms with Gasteiger partial charge in [-0.05, 0) is 60.4 Å². The van der Waals surface area contributed by atoms with Crippen LogP contribution in [0.5, 0.6) is 11.5 Å². The third kappa shape index (κ3) is 3.93. The first-order valence-electron chi connectivity index (χ1n) is 11.4. The van der Waals surface area contributed by atoms with Gasteiger partial charge in [0.25, 0.3) is 11.7 Å². The number of hydrogen-bond acceptors (Lipinski definition) is 5. The Morgan fingerprint density at radius 2 is 1.71 bits per heavy atom. The molecule has 0 aliphatic carbocycles. The van der Waals surface area contributed by atoms with E-state index in [-0.39, 0.29) is 16.9 Å². The number of ether oxygens (including phenoxy) is 2. The highest BCUT2D eigenvalue weighted by Gasteiger charge is 2.47. The van der Waals surface area contributed by atoms with Crippen molar-refractivity contribution < 1.29 is 28.6 Å². The summed E-state index contributed by atoms with van der Waals surface area (Å²) >= 11 is 0. The smallest absolute Gasteiger partial charge is 0.300 e. The number of aryl methyl sites for hydroxylation is 2. The van der Waals surface area contributed by atoms with E-state index in [2.05, 4.69) is 0 Å². The number of halogens is 1. The average Bonchev–Trinajstić information content (AvgIpc) is 3.15. The molecule has 1 N–H and O–H groups in total. The van der Waals surface area contributed by atoms with Gasteiger partial charge in [0.1, 0.15) is 24.8 Å². The van der Waals surface area contributed by atoms with Gasteiger partial charge in [0.05, 0.1) is 11.6 Å². The Kier molecular flexibility index (Phi) is 5.76. The number of carbonyl (C=O) groups is 2. The van der Waals surface area contributed by atoms with E-state index in [1.807, 2.05) is 31.2 Å². The summed E-state index contributed by atoms with van der Waals surface area (Å²) in [7, 11) is 0. The zero-order chi connectivity index (χ0) is 24.7. The summed E-state index contributed by atoms with van der Waals surface area (Å²) in [6, 6.07) is 15.8. The van der Waals surface area contributed by atoms with Gasteiger partial charge < -0.3 is 14.6 Å². The lowest BCUT2D eigenvalue weighted by atomic mass is 9.94. The quantitative estimate of drug-likeness (QED) is 0.324. The second kappa shape index (κ2) is 8.91. The molecule has 2 aliphatic rings. The summed E-state index contributed by atoms with van der Waals surface area (Å²) < 4.78 is 25.1. The first-order chi connectivity index (χ1) is 16.9. The number of anilines is 1. The van der Waals surface area contributed by atoms with Crippen molar-refractivity contribution in [2.75, 3.05) is 18.1 Å². The van der Waals surface area contributed by atoms with Crippen molar-refractivity contribution in [2.45, 2.75) is 26.3 Å². The highest BCUT2D eigenvalue weighted by atomic mass is 19.1. The number of nitrogens with zero attached hydrogens (tertiary/aromatic N) is 1. The predicted molar refractivity (Wildman–Crippen MR) is 129 cm³/mol. The van der Waals surface area contributed by atoms with Crippen LogP contribution in [-0.2, 0) is 16.0 Å². The molecular formula is C28H24FNO5. The number of rotatable bonds is 4. The van der Waals surface area contributed by atoms with Crippen LogP contribution in [0.25, 0.3) is 5.76 Å². The minimum Gasteiger partial charge on any atom is -0.507 e. The van der Waals surface area contributed by atoms with Gasteiger partial charge in [0.2, 0.25) is 0 Å². The molecule has 0 aromatic heterocycles. The maximum atomic E-state index is 13.9. The highest BCUT2D eigenvalue weighted by molar-refractivity contribution is 6.51. The van der Waals surface area contributed by atoms with E-state index in [1.54, 1.807) is 25.1 Å². The van der Waals surface area contributed by atoms with Gasteiger partial charge in [-0.3, -0.25) is 14.5 Å². The Hall–Kier alpha value is -4.13. The predicted octanol–water partition coefficient (Wildman–Crippen LogP) is 5.09. The summed E-state index contributed by atoms with van der Waals surface area (Å²) in [6.07, 6.45) is 0.831. The molecule has 35 heavy (non-hydrogen) atoms. The van der Waals surface area contributed by atoms with Crippen molar-refractivity contribution in [3.8, 4) is 11.5 Å². The standard InChI is InChI=1S/C28H24FNO5/c1-3-17-4-6-18(7-5-17)25-24(26(31)19-8-10-21(29)16(2)14-19)27(32)28(33)30(25)20-9-11-22-23(15-20)35-13-12-34-22/h4-11,14-15,25,31H,3,12-13H2,1-2H3/b26-24+. The van der Waals surface area contributed by atoms with E-state index in [1.165, 1.54) is 23.1 Å². The van der Waals surface area contributed by atoms with Gasteiger partial charge in [-0.15, -0.1) is 0 Å². The van der Waals surface area contributed by atoms with Crippen LogP contribution in [0.15, 0.2) is 66.2 Å². The van der Waals surface area contributed by atoms with E-state index in [0.29, 0.717) is 41.5 Å². The molecule has 2 heterocycles. The number of aliphatic hydroxyl groups is 1. The molecule has 1 saturated heterocycles. The number of carbonyl (C=O) groups excluding carboxylic acids is 2. The maximum Gasteiger partial charge on any atom is 0.300 e. The molecule has 0 spiro atoms. The number of fused-ring (bicyclic) bond motifs is 1. The summed E-state index contributed by atoms with van der Waals surface area (Å²) in [4.78, 5) is 28.0. The number of hydrogen-bond donors (Lipinski definition) is 1. The van der Waals surface area contributed by atoms with Crippen molar-refractivity contribution in [2.24, 2.45) is 0 Å². The first-order valence-corrected chi connectivity index (χ1v) is 11.4. The molecule has 178 valence electrons. The lowest BCUT2D eigenvalue weighted by molar-refractivity contribution is -0.132. The molecule has 0 saturated carbocycles. The molecule has 0 bridgehead atoms. The minimum absolute atomic E-state index is 0.0554. The van der Waals surface area contributed by atoms with Crippen LogP contribution in [0, 0.1) is 12.7 Å². The normalized spacial score (nSPS) is 18.7. The van der Waals surface area contributed by atoms with E-state index in [4.69, 9.17) is 9.47 Å². The molecule has 1 amide bonds. The number of aliphatic hydroxyl groups excluding tert-OH is 1. The Bertz CT molecular complexity index is 1360. The third-order valence-electron chi connectivity index (χ3n) is 6.38. The molecule has 3 aromatic rings. The molecule has 0 radical (unpaired) electrons. The average molecular weight is 474 g/mol. The maximum absolute atomic E-state index is 13.9. The van der Waals surface area contributed by atoms with E-state index in [9.17, 15) is 19.1 Å². The Balaban J connectivity index is 1.69. The molecule has 2 aliphatic heterocycles. The van der Waals surface area contributed by atoms with E-state index >= 15 is 0 Å². The van der Waals surface area contributed by atoms with Crippen LogP contribution in [0.4, 0.5) is 10.1 Å². The van der Waals surface area contributed by atoms with Crippen LogP contribution in [0.3, 0.4) is 0 Å². The number of amides is 1. The van der Waals surface area contributed by atoms with Crippen LogP contribution in [-0.4, -0.2) is 30.0 Å².